The minimum absolute atomic E-state index is 0.127. The molecule has 1 atom stereocenters. The van der Waals surface area contributed by atoms with Crippen molar-refractivity contribution in [1.82, 2.24) is 5.32 Å². The van der Waals surface area contributed by atoms with Crippen LogP contribution in [0.5, 0.6) is 0 Å². The van der Waals surface area contributed by atoms with Crippen molar-refractivity contribution < 1.29 is 14.3 Å². The number of rotatable bonds is 5. The second-order valence-corrected chi connectivity index (χ2v) is 8.91. The predicted molar refractivity (Wildman–Crippen MR) is 111 cm³/mol. The molecule has 0 aliphatic rings. The first-order chi connectivity index (χ1) is 11.8. The van der Waals surface area contributed by atoms with Gasteiger partial charge < -0.3 is 20.1 Å². The van der Waals surface area contributed by atoms with Gasteiger partial charge in [-0.2, -0.15) is 0 Å². The highest BCUT2D eigenvalue weighted by Crippen LogP contribution is 2.22. The Hall–Kier alpha value is -1.37. The third-order valence-corrected chi connectivity index (χ3v) is 3.59. The van der Waals surface area contributed by atoms with Crippen LogP contribution in [0.15, 0.2) is 18.2 Å². The van der Waals surface area contributed by atoms with Gasteiger partial charge >= 0.3 is 5.97 Å². The van der Waals surface area contributed by atoms with E-state index in [0.29, 0.717) is 10.7 Å². The Labute approximate surface area is 166 Å². The van der Waals surface area contributed by atoms with Gasteiger partial charge in [-0.3, -0.25) is 0 Å². The summed E-state index contributed by atoms with van der Waals surface area (Å²) in [4.78, 5) is 12.5. The summed E-state index contributed by atoms with van der Waals surface area (Å²) in [6.45, 7) is 13.3. The number of ether oxygens (including phenoxy) is 2. The minimum Gasteiger partial charge on any atom is -0.458 e. The molecule has 7 heteroatoms. The van der Waals surface area contributed by atoms with Crippen molar-refractivity contribution in [3.05, 3.63) is 28.8 Å². The molecule has 26 heavy (non-hydrogen) atoms. The number of carbonyl (C=O) groups is 1. The van der Waals surface area contributed by atoms with E-state index >= 15 is 0 Å². The fraction of sp³-hybridized carbons (Fsp3) is 0.579. The van der Waals surface area contributed by atoms with Crippen molar-refractivity contribution in [1.29, 1.82) is 0 Å². The van der Waals surface area contributed by atoms with Crippen LogP contribution in [0.3, 0.4) is 0 Å². The average Bonchev–Trinajstić information content (AvgIpc) is 2.43. The summed E-state index contributed by atoms with van der Waals surface area (Å²) < 4.78 is 11.2. The van der Waals surface area contributed by atoms with Crippen LogP contribution in [0.25, 0.3) is 0 Å². The lowest BCUT2D eigenvalue weighted by Crippen LogP contribution is -2.49. The number of nitrogens with one attached hydrogen (secondary N) is 2. The summed E-state index contributed by atoms with van der Waals surface area (Å²) >= 11 is 11.5. The monoisotopic (exact) mass is 400 g/mol. The lowest BCUT2D eigenvalue weighted by Gasteiger charge is -2.28. The minimum atomic E-state index is -0.738. The molecule has 146 valence electrons. The Morgan fingerprint density at radius 1 is 1.19 bits per heavy atom. The van der Waals surface area contributed by atoms with Crippen molar-refractivity contribution in [2.75, 3.05) is 11.9 Å². The zero-order valence-electron chi connectivity index (χ0n) is 16.5. The standard InChI is InChI=1S/C19H29ClN2O3S/c1-12-8-9-14(13(20)10-12)21-17(26)22-15(11-24-18(2,3)4)16(23)25-19(5,6)7/h8-10,15H,11H2,1-7H3,(H2,21,22,26). The van der Waals surface area contributed by atoms with Crippen LogP contribution >= 0.6 is 23.8 Å². The summed E-state index contributed by atoms with van der Waals surface area (Å²) in [6.07, 6.45) is 0. The average molecular weight is 401 g/mol. The first-order valence-electron chi connectivity index (χ1n) is 8.47. The number of hydrogen-bond donors (Lipinski definition) is 2. The first kappa shape index (κ1) is 22.7. The van der Waals surface area contributed by atoms with E-state index in [2.05, 4.69) is 10.6 Å². The molecule has 2 N–H and O–H groups in total. The number of benzene rings is 1. The van der Waals surface area contributed by atoms with E-state index in [1.165, 1.54) is 0 Å². The molecule has 5 nitrogen and oxygen atoms in total. The molecule has 0 aromatic heterocycles. The van der Waals surface area contributed by atoms with Gasteiger partial charge in [0.1, 0.15) is 11.6 Å². The molecule has 1 aromatic carbocycles. The highest BCUT2D eigenvalue weighted by atomic mass is 35.5. The van der Waals surface area contributed by atoms with Crippen molar-refractivity contribution in [3.63, 3.8) is 0 Å². The van der Waals surface area contributed by atoms with Gasteiger partial charge in [0.25, 0.3) is 0 Å². The van der Waals surface area contributed by atoms with Crippen molar-refractivity contribution in [2.24, 2.45) is 0 Å². The van der Waals surface area contributed by atoms with Crippen molar-refractivity contribution in [2.45, 2.75) is 65.7 Å². The van der Waals surface area contributed by atoms with E-state index < -0.39 is 23.2 Å². The Bertz CT molecular complexity index is 651. The van der Waals surface area contributed by atoms with E-state index in [4.69, 9.17) is 33.3 Å². The SMILES string of the molecule is Cc1ccc(NC(=S)NC(COC(C)(C)C)C(=O)OC(C)(C)C)c(Cl)c1. The lowest BCUT2D eigenvalue weighted by molar-refractivity contribution is -0.159. The van der Waals surface area contributed by atoms with Crippen LogP contribution in [-0.4, -0.2) is 34.9 Å². The normalized spacial score (nSPS) is 13.1. The Balaban J connectivity index is 2.82. The fourth-order valence-electron chi connectivity index (χ4n) is 1.91. The van der Waals surface area contributed by atoms with Gasteiger partial charge in [-0.05, 0) is 78.4 Å². The molecule has 0 heterocycles. The number of hydrogen-bond acceptors (Lipinski definition) is 4. The summed E-state index contributed by atoms with van der Waals surface area (Å²) in [5.74, 6) is -0.430. The van der Waals surface area contributed by atoms with Gasteiger partial charge in [-0.25, -0.2) is 4.79 Å². The van der Waals surface area contributed by atoms with Crippen LogP contribution in [0, 0.1) is 6.92 Å². The van der Waals surface area contributed by atoms with Gasteiger partial charge in [-0.15, -0.1) is 0 Å². The number of anilines is 1. The van der Waals surface area contributed by atoms with Crippen LogP contribution in [0.1, 0.15) is 47.1 Å². The van der Waals surface area contributed by atoms with Crippen LogP contribution in [-0.2, 0) is 14.3 Å². The number of aryl methyl sites for hydroxylation is 1. The maximum atomic E-state index is 12.5. The second-order valence-electron chi connectivity index (χ2n) is 8.09. The fourth-order valence-corrected chi connectivity index (χ4v) is 2.45. The zero-order chi connectivity index (χ0) is 20.1. The molecule has 0 saturated heterocycles. The van der Waals surface area contributed by atoms with Gasteiger partial charge in [0.05, 0.1) is 22.9 Å². The topological polar surface area (TPSA) is 59.6 Å². The third-order valence-electron chi connectivity index (χ3n) is 3.05. The summed E-state index contributed by atoms with van der Waals surface area (Å²) in [5, 5.41) is 6.79. The molecule has 0 aliphatic carbocycles. The smallest absolute Gasteiger partial charge is 0.331 e. The van der Waals surface area contributed by atoms with Gasteiger partial charge in [-0.1, -0.05) is 17.7 Å². The largest absolute Gasteiger partial charge is 0.458 e. The maximum Gasteiger partial charge on any atom is 0.331 e. The number of carbonyl (C=O) groups excluding carboxylic acids is 1. The molecule has 0 radical (unpaired) electrons. The second kappa shape index (κ2) is 9.02. The summed E-state index contributed by atoms with van der Waals surface area (Å²) in [6, 6.07) is 4.85. The number of esters is 1. The molecule has 0 bridgehead atoms. The molecule has 0 saturated carbocycles. The molecule has 0 fully saturated rings. The molecular weight excluding hydrogens is 372 g/mol. The molecule has 0 aliphatic heterocycles. The van der Waals surface area contributed by atoms with E-state index in [-0.39, 0.29) is 11.7 Å². The summed E-state index contributed by atoms with van der Waals surface area (Å²) in [7, 11) is 0. The van der Waals surface area contributed by atoms with Crippen molar-refractivity contribution in [3.8, 4) is 0 Å². The van der Waals surface area contributed by atoms with Gasteiger partial charge in [0.2, 0.25) is 0 Å². The predicted octanol–water partition coefficient (Wildman–Crippen LogP) is 4.46. The van der Waals surface area contributed by atoms with E-state index in [1.54, 1.807) is 0 Å². The van der Waals surface area contributed by atoms with E-state index in [1.807, 2.05) is 66.7 Å². The Morgan fingerprint density at radius 3 is 2.31 bits per heavy atom. The molecule has 0 spiro atoms. The molecule has 1 aromatic rings. The number of thiocarbonyl (C=S) groups is 1. The lowest BCUT2D eigenvalue weighted by atomic mass is 10.1. The van der Waals surface area contributed by atoms with Crippen LogP contribution < -0.4 is 10.6 Å². The molecular formula is C19H29ClN2O3S. The quantitative estimate of drug-likeness (QED) is 0.562. The first-order valence-corrected chi connectivity index (χ1v) is 9.26. The summed E-state index contributed by atoms with van der Waals surface area (Å²) in [5.41, 5.74) is 0.713. The number of halogens is 1. The molecule has 1 rings (SSSR count). The van der Waals surface area contributed by atoms with Gasteiger partial charge in [0, 0.05) is 0 Å². The Morgan fingerprint density at radius 2 is 1.81 bits per heavy atom. The highest BCUT2D eigenvalue weighted by molar-refractivity contribution is 7.80. The van der Waals surface area contributed by atoms with E-state index in [9.17, 15) is 4.79 Å². The van der Waals surface area contributed by atoms with Crippen LogP contribution in [0.4, 0.5) is 5.69 Å². The molecule has 0 amide bonds. The van der Waals surface area contributed by atoms with Gasteiger partial charge in [0.15, 0.2) is 5.11 Å². The molecule has 1 unspecified atom stereocenters. The van der Waals surface area contributed by atoms with E-state index in [0.717, 1.165) is 5.56 Å². The highest BCUT2D eigenvalue weighted by Gasteiger charge is 2.28. The maximum absolute atomic E-state index is 12.5. The third kappa shape index (κ3) is 8.83. The van der Waals surface area contributed by atoms with Crippen molar-refractivity contribution >= 4 is 40.6 Å². The van der Waals surface area contributed by atoms with Crippen LogP contribution in [0.2, 0.25) is 5.02 Å². The zero-order valence-corrected chi connectivity index (χ0v) is 18.1. The Kier molecular flexibility index (Phi) is 7.86.